The molecule has 0 N–H and O–H groups in total. The number of hydrogen-bond donors (Lipinski definition) is 0. The second kappa shape index (κ2) is 3.53. The van der Waals surface area contributed by atoms with E-state index in [2.05, 4.69) is 4.36 Å². The first-order valence-electron chi connectivity index (χ1n) is 3.61. The summed E-state index contributed by atoms with van der Waals surface area (Å²) in [5, 5.41) is 0. The second-order valence-electron chi connectivity index (χ2n) is 3.68. The Balaban J connectivity index is 5.91. The fourth-order valence-corrected chi connectivity index (χ4v) is 1.86. The van der Waals surface area contributed by atoms with Crippen LogP contribution >= 0.6 is 0 Å². The predicted octanol–water partition coefficient (Wildman–Crippen LogP) is 3.29. The maximum absolute atomic E-state index is 12.0. The van der Waals surface area contributed by atoms with E-state index in [9.17, 15) is 30.6 Å². The lowest BCUT2D eigenvalue weighted by Gasteiger charge is -2.21. The van der Waals surface area contributed by atoms with E-state index in [1.807, 2.05) is 0 Å². The normalized spacial score (nSPS) is 15.3. The fourth-order valence-electron chi connectivity index (χ4n) is 0.620. The van der Waals surface area contributed by atoms with Crippen molar-refractivity contribution in [1.82, 2.24) is 0 Å². The van der Waals surface area contributed by atoms with Crippen molar-refractivity contribution >= 4 is 9.73 Å². The molecule has 0 aromatic rings. The topological polar surface area (TPSA) is 29.4 Å². The van der Waals surface area contributed by atoms with Gasteiger partial charge >= 0.3 is 11.0 Å². The number of rotatable bonds is 0. The lowest BCUT2D eigenvalue weighted by atomic mass is 10.1. The smallest absolute Gasteiger partial charge is 0.232 e. The Bertz CT molecular complexity index is 320. The largest absolute Gasteiger partial charge is 0.487 e. The molecule has 9 heteroatoms. The Labute approximate surface area is 82.8 Å². The molecular weight excluding hydrogens is 248 g/mol. The molecule has 0 radical (unpaired) electrons. The van der Waals surface area contributed by atoms with Crippen molar-refractivity contribution in [1.29, 1.82) is 0 Å². The van der Waals surface area contributed by atoms with E-state index in [1.165, 1.54) is 0 Å². The lowest BCUT2D eigenvalue weighted by Crippen LogP contribution is -2.38. The van der Waals surface area contributed by atoms with Gasteiger partial charge < -0.3 is 0 Å². The molecule has 0 saturated heterocycles. The molecule has 2 nitrogen and oxygen atoms in total. The summed E-state index contributed by atoms with van der Waals surface area (Å²) in [5.41, 5.74) is -13.5. The molecule has 0 atom stereocenters. The maximum Gasteiger partial charge on any atom is 0.487 e. The zero-order chi connectivity index (χ0) is 12.7. The molecule has 92 valence electrons. The molecule has 0 aromatic carbocycles. The van der Waals surface area contributed by atoms with E-state index in [0.717, 1.165) is 20.8 Å². The van der Waals surface area contributed by atoms with Crippen molar-refractivity contribution in [3.63, 3.8) is 0 Å². The molecule has 0 bridgehead atoms. The summed E-state index contributed by atoms with van der Waals surface area (Å²) < 4.78 is 85.4. The molecular formula is C6H9F6NOS. The highest BCUT2D eigenvalue weighted by atomic mass is 32.2. The Morgan fingerprint density at radius 3 is 1.20 bits per heavy atom. The van der Waals surface area contributed by atoms with Gasteiger partial charge in [-0.25, -0.2) is 8.57 Å². The highest BCUT2D eigenvalue weighted by molar-refractivity contribution is 7.95. The standard InChI is InChI=1S/C6H9F6NOS/c1-4(2,3)13-15(14,5(7,8)9)6(10,11)12/h1-3H3. The van der Waals surface area contributed by atoms with E-state index in [-0.39, 0.29) is 0 Å². The zero-order valence-corrected chi connectivity index (χ0v) is 8.85. The van der Waals surface area contributed by atoms with Gasteiger partial charge in [0.15, 0.2) is 0 Å². The zero-order valence-electron chi connectivity index (χ0n) is 8.03. The van der Waals surface area contributed by atoms with Crippen molar-refractivity contribution in [3.05, 3.63) is 0 Å². The predicted molar refractivity (Wildman–Crippen MR) is 42.4 cm³/mol. The minimum Gasteiger partial charge on any atom is -0.232 e. The van der Waals surface area contributed by atoms with Gasteiger partial charge in [-0.3, -0.25) is 0 Å². The van der Waals surface area contributed by atoms with Crippen LogP contribution in [0.4, 0.5) is 26.3 Å². The van der Waals surface area contributed by atoms with Crippen LogP contribution in [0.5, 0.6) is 0 Å². The first-order chi connectivity index (χ1) is 6.21. The molecule has 0 aliphatic heterocycles. The van der Waals surface area contributed by atoms with Crippen molar-refractivity contribution in [2.45, 2.75) is 37.3 Å². The van der Waals surface area contributed by atoms with Gasteiger partial charge in [0.05, 0.1) is 5.54 Å². The molecule has 0 unspecified atom stereocenters. The minimum absolute atomic E-state index is 1.00. The van der Waals surface area contributed by atoms with E-state index in [0.29, 0.717) is 0 Å². The molecule has 0 spiro atoms. The Morgan fingerprint density at radius 1 is 0.867 bits per heavy atom. The Kier molecular flexibility index (Phi) is 3.42. The number of hydrogen-bond acceptors (Lipinski definition) is 2. The third-order valence-corrected chi connectivity index (χ3v) is 3.09. The van der Waals surface area contributed by atoms with Crippen LogP contribution in [0.15, 0.2) is 4.36 Å². The highest BCUT2D eigenvalue weighted by Crippen LogP contribution is 2.40. The van der Waals surface area contributed by atoms with E-state index in [4.69, 9.17) is 0 Å². The number of nitrogens with zero attached hydrogens (tertiary/aromatic N) is 1. The van der Waals surface area contributed by atoms with Crippen molar-refractivity contribution in [2.24, 2.45) is 4.36 Å². The van der Waals surface area contributed by atoms with Gasteiger partial charge in [0.25, 0.3) is 0 Å². The Hall–Kier alpha value is -0.470. The first-order valence-corrected chi connectivity index (χ1v) is 5.13. The van der Waals surface area contributed by atoms with Crippen LogP contribution in [0.3, 0.4) is 0 Å². The quantitative estimate of drug-likeness (QED) is 0.612. The van der Waals surface area contributed by atoms with Gasteiger partial charge in [-0.15, -0.1) is 0 Å². The lowest BCUT2D eigenvalue weighted by molar-refractivity contribution is -0.0832. The van der Waals surface area contributed by atoms with Crippen molar-refractivity contribution in [3.8, 4) is 0 Å². The first kappa shape index (κ1) is 14.5. The van der Waals surface area contributed by atoms with Crippen molar-refractivity contribution in [2.75, 3.05) is 0 Å². The third-order valence-electron chi connectivity index (χ3n) is 1.03. The van der Waals surface area contributed by atoms with Gasteiger partial charge in [-0.2, -0.15) is 26.3 Å². The monoisotopic (exact) mass is 257 g/mol. The van der Waals surface area contributed by atoms with Gasteiger partial charge in [0, 0.05) is 0 Å². The van der Waals surface area contributed by atoms with Crippen molar-refractivity contribution < 1.29 is 30.6 Å². The van der Waals surface area contributed by atoms with Crippen LogP contribution in [0, 0.1) is 0 Å². The van der Waals surface area contributed by atoms with Gasteiger partial charge in [-0.1, -0.05) is 0 Å². The highest BCUT2D eigenvalue weighted by Gasteiger charge is 2.61. The van der Waals surface area contributed by atoms with E-state index in [1.54, 1.807) is 0 Å². The van der Waals surface area contributed by atoms with Crippen LogP contribution < -0.4 is 0 Å². The minimum atomic E-state index is -6.25. The summed E-state index contributed by atoms with van der Waals surface area (Å²) in [5.74, 6) is 0. The van der Waals surface area contributed by atoms with Gasteiger partial charge in [0.2, 0.25) is 9.73 Å². The summed E-state index contributed by atoms with van der Waals surface area (Å²) in [7, 11) is -6.25. The van der Waals surface area contributed by atoms with Gasteiger partial charge in [0.1, 0.15) is 0 Å². The second-order valence-corrected chi connectivity index (χ2v) is 5.84. The number of halogens is 6. The summed E-state index contributed by atoms with van der Waals surface area (Å²) in [6.07, 6.45) is 0. The molecule has 0 saturated carbocycles. The summed E-state index contributed by atoms with van der Waals surface area (Å²) in [6.45, 7) is 3.01. The van der Waals surface area contributed by atoms with Crippen LogP contribution in [0.25, 0.3) is 0 Å². The molecule has 15 heavy (non-hydrogen) atoms. The SMILES string of the molecule is CC(C)(C)N=S(=O)(C(F)(F)F)C(F)(F)F. The fraction of sp³-hybridized carbons (Fsp3) is 1.00. The van der Waals surface area contributed by atoms with E-state index < -0.39 is 26.3 Å². The summed E-state index contributed by atoms with van der Waals surface area (Å²) in [6, 6.07) is 0. The molecule has 0 aliphatic rings. The van der Waals surface area contributed by atoms with E-state index >= 15 is 0 Å². The van der Waals surface area contributed by atoms with Gasteiger partial charge in [-0.05, 0) is 20.8 Å². The third kappa shape index (κ3) is 3.25. The number of alkyl halides is 6. The molecule has 0 aromatic heterocycles. The average molecular weight is 257 g/mol. The summed E-state index contributed by atoms with van der Waals surface area (Å²) >= 11 is 0. The Morgan fingerprint density at radius 2 is 1.13 bits per heavy atom. The molecule has 0 rings (SSSR count). The van der Waals surface area contributed by atoms with Crippen LogP contribution in [-0.4, -0.2) is 20.8 Å². The average Bonchev–Trinajstić information content (AvgIpc) is 1.77. The summed E-state index contributed by atoms with van der Waals surface area (Å²) in [4.78, 5) is 0. The van der Waals surface area contributed by atoms with Crippen LogP contribution in [0.1, 0.15) is 20.8 Å². The maximum atomic E-state index is 12.0. The molecule has 0 heterocycles. The molecule has 0 aliphatic carbocycles. The molecule has 0 fully saturated rings. The van der Waals surface area contributed by atoms with Crippen LogP contribution in [0.2, 0.25) is 0 Å². The molecule has 0 amide bonds. The van der Waals surface area contributed by atoms with Crippen LogP contribution in [-0.2, 0) is 9.73 Å².